The third-order valence-corrected chi connectivity index (χ3v) is 2.23. The van der Waals surface area contributed by atoms with Crippen molar-refractivity contribution in [3.8, 4) is 0 Å². The minimum absolute atomic E-state index is 0.0103. The van der Waals surface area contributed by atoms with Crippen LogP contribution < -0.4 is 0 Å². The van der Waals surface area contributed by atoms with Crippen LogP contribution in [0.4, 0.5) is 0 Å². The molecule has 0 fully saturated rings. The lowest BCUT2D eigenvalue weighted by molar-refractivity contribution is -0.104. The number of carbonyl (C=O) groups excluding carboxylic acids is 1. The van der Waals surface area contributed by atoms with Crippen LogP contribution in [0.3, 0.4) is 0 Å². The van der Waals surface area contributed by atoms with E-state index in [1.807, 2.05) is 18.2 Å². The summed E-state index contributed by atoms with van der Waals surface area (Å²) in [5.74, 6) is 0. The highest BCUT2D eigenvalue weighted by molar-refractivity contribution is 5.81. The van der Waals surface area contributed by atoms with Gasteiger partial charge in [0.15, 0.2) is 0 Å². The summed E-state index contributed by atoms with van der Waals surface area (Å²) in [4.78, 5) is 10.8. The molecule has 1 aliphatic carbocycles. The van der Waals surface area contributed by atoms with Crippen molar-refractivity contribution >= 4 is 6.29 Å². The van der Waals surface area contributed by atoms with E-state index in [1.54, 1.807) is 0 Å². The molecular formula is C12H16O. The molecule has 0 aliphatic heterocycles. The number of rotatable bonds is 2. The zero-order valence-electron chi connectivity index (χ0n) is 8.50. The van der Waals surface area contributed by atoms with Gasteiger partial charge in [0.25, 0.3) is 0 Å². The number of hydrogen-bond donors (Lipinski definition) is 0. The van der Waals surface area contributed by atoms with Gasteiger partial charge in [0.2, 0.25) is 0 Å². The third kappa shape index (κ3) is 2.41. The van der Waals surface area contributed by atoms with Crippen LogP contribution in [0, 0.1) is 5.41 Å². The van der Waals surface area contributed by atoms with E-state index in [-0.39, 0.29) is 5.41 Å². The molecule has 0 aromatic carbocycles. The van der Waals surface area contributed by atoms with E-state index in [9.17, 15) is 4.79 Å². The maximum absolute atomic E-state index is 10.8. The predicted molar refractivity (Wildman–Crippen MR) is 55.4 cm³/mol. The first-order valence-electron chi connectivity index (χ1n) is 4.66. The zero-order chi connectivity index (χ0) is 9.90. The maximum atomic E-state index is 10.8. The molecule has 0 saturated heterocycles. The zero-order valence-corrected chi connectivity index (χ0v) is 8.50. The molecule has 1 heteroatoms. The van der Waals surface area contributed by atoms with Gasteiger partial charge in [0, 0.05) is 11.0 Å². The Morgan fingerprint density at radius 2 is 2.15 bits per heavy atom. The maximum Gasteiger partial charge on any atom is 0.150 e. The Balaban J connectivity index is 3.10. The molecule has 0 heterocycles. The Bertz CT molecular complexity index is 290. The minimum atomic E-state index is -0.0103. The Morgan fingerprint density at radius 1 is 1.46 bits per heavy atom. The van der Waals surface area contributed by atoms with Crippen molar-refractivity contribution in [3.05, 3.63) is 35.5 Å². The number of aldehydes is 1. The first-order chi connectivity index (χ1) is 6.09. The summed E-state index contributed by atoms with van der Waals surface area (Å²) < 4.78 is 0. The molecule has 0 amide bonds. The second kappa shape index (κ2) is 3.73. The number of carbonyl (C=O) groups is 1. The van der Waals surface area contributed by atoms with E-state index in [0.717, 1.165) is 23.9 Å². The van der Waals surface area contributed by atoms with Crippen LogP contribution in [-0.4, -0.2) is 6.29 Å². The molecule has 0 N–H and O–H groups in total. The van der Waals surface area contributed by atoms with Crippen LogP contribution in [0.15, 0.2) is 35.5 Å². The molecule has 0 radical (unpaired) electrons. The molecule has 70 valence electrons. The van der Waals surface area contributed by atoms with E-state index in [0.29, 0.717) is 0 Å². The number of allylic oxidation sites excluding steroid dienone is 6. The summed E-state index contributed by atoms with van der Waals surface area (Å²) in [5, 5.41) is 0. The summed E-state index contributed by atoms with van der Waals surface area (Å²) in [5.41, 5.74) is 1.94. The molecule has 13 heavy (non-hydrogen) atoms. The first kappa shape index (κ1) is 9.97. The van der Waals surface area contributed by atoms with Crippen molar-refractivity contribution in [1.29, 1.82) is 0 Å². The molecule has 1 rings (SSSR count). The average molecular weight is 176 g/mol. The van der Waals surface area contributed by atoms with Gasteiger partial charge in [-0.1, -0.05) is 45.1 Å². The van der Waals surface area contributed by atoms with E-state index in [4.69, 9.17) is 0 Å². The highest BCUT2D eigenvalue weighted by atomic mass is 16.1. The van der Waals surface area contributed by atoms with Crippen molar-refractivity contribution in [2.75, 3.05) is 0 Å². The van der Waals surface area contributed by atoms with Gasteiger partial charge in [-0.15, -0.1) is 0 Å². The predicted octanol–water partition coefficient (Wildman–Crippen LogP) is 3.04. The van der Waals surface area contributed by atoms with Gasteiger partial charge in [0.1, 0.15) is 6.29 Å². The molecule has 0 bridgehead atoms. The summed E-state index contributed by atoms with van der Waals surface area (Å²) in [6.07, 6.45) is 10.0. The highest BCUT2D eigenvalue weighted by Crippen LogP contribution is 2.27. The van der Waals surface area contributed by atoms with Crippen LogP contribution in [-0.2, 0) is 4.79 Å². The normalized spacial score (nSPS) is 20.2. The fourth-order valence-electron chi connectivity index (χ4n) is 1.48. The standard InChI is InChI=1S/C12H16O/c1-4-10-6-5-7-12(2,3)8-11(10)9-13/h5-9H,4H2,1-3H3. The van der Waals surface area contributed by atoms with Gasteiger partial charge >= 0.3 is 0 Å². The molecule has 0 spiro atoms. The molecule has 0 atom stereocenters. The van der Waals surface area contributed by atoms with Gasteiger partial charge in [-0.2, -0.15) is 0 Å². The SMILES string of the molecule is CCC1=CC=CC(C)(C)C=C1C=O. The van der Waals surface area contributed by atoms with Gasteiger partial charge in [-0.05, 0) is 12.0 Å². The van der Waals surface area contributed by atoms with E-state index >= 15 is 0 Å². The second-order valence-electron chi connectivity index (χ2n) is 3.94. The van der Waals surface area contributed by atoms with Crippen molar-refractivity contribution in [2.45, 2.75) is 27.2 Å². The quantitative estimate of drug-likeness (QED) is 0.591. The van der Waals surface area contributed by atoms with Crippen LogP contribution in [0.25, 0.3) is 0 Å². The van der Waals surface area contributed by atoms with Crippen molar-refractivity contribution in [2.24, 2.45) is 5.41 Å². The van der Waals surface area contributed by atoms with E-state index in [2.05, 4.69) is 26.8 Å². The molecule has 1 aliphatic rings. The van der Waals surface area contributed by atoms with E-state index < -0.39 is 0 Å². The summed E-state index contributed by atoms with van der Waals surface area (Å²) in [6, 6.07) is 0. The summed E-state index contributed by atoms with van der Waals surface area (Å²) in [6.45, 7) is 6.26. The minimum Gasteiger partial charge on any atom is -0.298 e. The van der Waals surface area contributed by atoms with Crippen LogP contribution in [0.5, 0.6) is 0 Å². The topological polar surface area (TPSA) is 17.1 Å². The van der Waals surface area contributed by atoms with E-state index in [1.165, 1.54) is 0 Å². The molecule has 0 aromatic rings. The fourth-order valence-corrected chi connectivity index (χ4v) is 1.48. The van der Waals surface area contributed by atoms with Crippen molar-refractivity contribution in [1.82, 2.24) is 0 Å². The molecule has 0 saturated carbocycles. The van der Waals surface area contributed by atoms with Gasteiger partial charge in [-0.3, -0.25) is 4.79 Å². The highest BCUT2D eigenvalue weighted by Gasteiger charge is 2.15. The van der Waals surface area contributed by atoms with Gasteiger partial charge in [-0.25, -0.2) is 0 Å². The van der Waals surface area contributed by atoms with Gasteiger partial charge < -0.3 is 0 Å². The van der Waals surface area contributed by atoms with Crippen LogP contribution in [0.2, 0.25) is 0 Å². The second-order valence-corrected chi connectivity index (χ2v) is 3.94. The molecule has 1 nitrogen and oxygen atoms in total. The fraction of sp³-hybridized carbons (Fsp3) is 0.417. The Hall–Kier alpha value is -1.11. The van der Waals surface area contributed by atoms with Crippen molar-refractivity contribution < 1.29 is 4.79 Å². The lowest BCUT2D eigenvalue weighted by Gasteiger charge is -2.14. The lowest BCUT2D eigenvalue weighted by Crippen LogP contribution is -2.04. The smallest absolute Gasteiger partial charge is 0.150 e. The summed E-state index contributed by atoms with van der Waals surface area (Å²) >= 11 is 0. The Morgan fingerprint density at radius 3 is 2.69 bits per heavy atom. The van der Waals surface area contributed by atoms with Crippen LogP contribution in [0.1, 0.15) is 27.2 Å². The van der Waals surface area contributed by atoms with Crippen LogP contribution >= 0.6 is 0 Å². The molecule has 0 aromatic heterocycles. The van der Waals surface area contributed by atoms with Crippen molar-refractivity contribution in [3.63, 3.8) is 0 Å². The third-order valence-electron chi connectivity index (χ3n) is 2.23. The molecule has 0 unspecified atom stereocenters. The average Bonchev–Trinajstić information content (AvgIpc) is 2.22. The Kier molecular flexibility index (Phi) is 2.86. The largest absolute Gasteiger partial charge is 0.298 e. The first-order valence-corrected chi connectivity index (χ1v) is 4.66. The lowest BCUT2D eigenvalue weighted by atomic mass is 9.90. The van der Waals surface area contributed by atoms with Gasteiger partial charge in [0.05, 0.1) is 0 Å². The summed E-state index contributed by atoms with van der Waals surface area (Å²) in [7, 11) is 0. The number of hydrogen-bond acceptors (Lipinski definition) is 1. The monoisotopic (exact) mass is 176 g/mol. The Labute approximate surface area is 79.8 Å². The molecular weight excluding hydrogens is 160 g/mol.